The zero-order chi connectivity index (χ0) is 18.3. The molecule has 0 aromatic heterocycles. The normalized spacial score (nSPS) is 14.6. The van der Waals surface area contributed by atoms with Gasteiger partial charge in [0.05, 0.1) is 6.10 Å². The minimum absolute atomic E-state index is 0.0644. The number of hydrogen-bond donors (Lipinski definition) is 2. The molecule has 0 radical (unpaired) electrons. The molecule has 2 aromatic carbocycles. The van der Waals surface area contributed by atoms with E-state index in [1.54, 1.807) is 44.2 Å². The van der Waals surface area contributed by atoms with Gasteiger partial charge < -0.3 is 19.5 Å². The number of hydrogen-bond acceptors (Lipinski definition) is 4. The van der Waals surface area contributed by atoms with E-state index < -0.39 is 25.6 Å². The molecule has 2 aromatic rings. The van der Waals surface area contributed by atoms with Crippen molar-refractivity contribution < 1.29 is 23.5 Å². The number of amides is 1. The molecule has 0 fully saturated rings. The summed E-state index contributed by atoms with van der Waals surface area (Å²) in [5, 5.41) is 2.45. The van der Waals surface area contributed by atoms with Gasteiger partial charge in [0.1, 0.15) is 6.61 Å². The predicted octanol–water partition coefficient (Wildman–Crippen LogP) is 4.22. The maximum absolute atomic E-state index is 12.6. The molecule has 7 heteroatoms. The standard InChI is InChI=1S/C18H22NO5P/c1-14(2)24-25(21,22)17(16-11-7-4-8-12-16)19-18(20)23-13-15-9-5-3-6-10-15/h3-12,14,17H,13H2,1-2H3,(H,19,20)(H,21,22). The van der Waals surface area contributed by atoms with E-state index >= 15 is 0 Å². The fourth-order valence-electron chi connectivity index (χ4n) is 2.23. The van der Waals surface area contributed by atoms with Crippen molar-refractivity contribution in [3.63, 3.8) is 0 Å². The summed E-state index contributed by atoms with van der Waals surface area (Å²) >= 11 is 0. The summed E-state index contributed by atoms with van der Waals surface area (Å²) in [6.07, 6.45) is -1.26. The third kappa shape index (κ3) is 6.02. The Morgan fingerprint density at radius 1 is 1.08 bits per heavy atom. The maximum atomic E-state index is 12.6. The van der Waals surface area contributed by atoms with Gasteiger partial charge in [0.15, 0.2) is 5.78 Å². The van der Waals surface area contributed by atoms with Crippen LogP contribution < -0.4 is 5.32 Å². The van der Waals surface area contributed by atoms with Crippen molar-refractivity contribution in [3.8, 4) is 0 Å². The molecule has 0 aliphatic carbocycles. The summed E-state index contributed by atoms with van der Waals surface area (Å²) in [6.45, 7) is 3.37. The number of rotatable bonds is 7. The molecule has 6 nitrogen and oxygen atoms in total. The lowest BCUT2D eigenvalue weighted by atomic mass is 10.2. The third-order valence-corrected chi connectivity index (χ3v) is 5.07. The predicted molar refractivity (Wildman–Crippen MR) is 95.0 cm³/mol. The van der Waals surface area contributed by atoms with Crippen LogP contribution in [0.2, 0.25) is 0 Å². The molecule has 0 aliphatic heterocycles. The molecule has 0 saturated carbocycles. The van der Waals surface area contributed by atoms with E-state index in [4.69, 9.17) is 9.26 Å². The lowest BCUT2D eigenvalue weighted by Gasteiger charge is -2.25. The molecule has 0 spiro atoms. The lowest BCUT2D eigenvalue weighted by Crippen LogP contribution is -2.30. The van der Waals surface area contributed by atoms with Gasteiger partial charge in [-0.25, -0.2) is 4.79 Å². The van der Waals surface area contributed by atoms with Crippen LogP contribution in [0.5, 0.6) is 0 Å². The second kappa shape index (κ2) is 8.81. The molecule has 25 heavy (non-hydrogen) atoms. The van der Waals surface area contributed by atoms with Crippen molar-refractivity contribution in [2.24, 2.45) is 0 Å². The fraction of sp³-hybridized carbons (Fsp3) is 0.278. The van der Waals surface area contributed by atoms with E-state index in [1.807, 2.05) is 30.3 Å². The molecule has 2 atom stereocenters. The Kier molecular flexibility index (Phi) is 6.76. The molecule has 0 bridgehead atoms. The van der Waals surface area contributed by atoms with Crippen LogP contribution in [0.3, 0.4) is 0 Å². The number of ether oxygens (including phenoxy) is 1. The summed E-state index contributed by atoms with van der Waals surface area (Å²) in [4.78, 5) is 22.4. The Balaban J connectivity index is 2.10. The highest BCUT2D eigenvalue weighted by Gasteiger charge is 2.36. The molecule has 0 saturated heterocycles. The van der Waals surface area contributed by atoms with E-state index in [0.717, 1.165) is 5.56 Å². The van der Waals surface area contributed by atoms with Crippen LogP contribution in [0, 0.1) is 0 Å². The first kappa shape index (κ1) is 19.2. The molecule has 1 amide bonds. The van der Waals surface area contributed by atoms with Crippen molar-refractivity contribution in [3.05, 3.63) is 71.8 Å². The Labute approximate surface area is 147 Å². The minimum Gasteiger partial charge on any atom is -0.445 e. The Hall–Kier alpha value is -2.14. The van der Waals surface area contributed by atoms with Gasteiger partial charge in [0, 0.05) is 0 Å². The minimum atomic E-state index is -4.14. The van der Waals surface area contributed by atoms with Crippen LogP contribution in [0.1, 0.15) is 30.8 Å². The Morgan fingerprint density at radius 3 is 2.20 bits per heavy atom. The number of benzene rings is 2. The molecule has 134 valence electrons. The summed E-state index contributed by atoms with van der Waals surface area (Å²) in [5.41, 5.74) is 1.28. The van der Waals surface area contributed by atoms with E-state index in [1.165, 1.54) is 0 Å². The average Bonchev–Trinajstić information content (AvgIpc) is 2.58. The van der Waals surface area contributed by atoms with Gasteiger partial charge in [-0.15, -0.1) is 0 Å². The van der Waals surface area contributed by atoms with Crippen molar-refractivity contribution in [2.45, 2.75) is 32.3 Å². The van der Waals surface area contributed by atoms with Crippen molar-refractivity contribution in [1.29, 1.82) is 0 Å². The van der Waals surface area contributed by atoms with Crippen LogP contribution in [0.4, 0.5) is 4.79 Å². The van der Waals surface area contributed by atoms with Gasteiger partial charge in [0.25, 0.3) is 0 Å². The quantitative estimate of drug-likeness (QED) is 0.720. The molecular weight excluding hydrogens is 341 g/mol. The fourth-order valence-corrected chi connectivity index (χ4v) is 3.77. The number of carbonyl (C=O) groups is 1. The van der Waals surface area contributed by atoms with Gasteiger partial charge in [-0.3, -0.25) is 4.57 Å². The van der Waals surface area contributed by atoms with Gasteiger partial charge in [-0.1, -0.05) is 60.7 Å². The number of nitrogens with one attached hydrogen (secondary N) is 1. The van der Waals surface area contributed by atoms with Gasteiger partial charge >= 0.3 is 13.7 Å². The first-order valence-corrected chi connectivity index (χ1v) is 9.56. The molecular formula is C18H22NO5P. The monoisotopic (exact) mass is 363 g/mol. The number of alkyl carbamates (subject to hydrolysis) is 1. The molecule has 2 unspecified atom stereocenters. The van der Waals surface area contributed by atoms with Crippen LogP contribution in [-0.2, 0) is 20.4 Å². The third-order valence-electron chi connectivity index (χ3n) is 3.27. The topological polar surface area (TPSA) is 84.9 Å². The van der Waals surface area contributed by atoms with Crippen molar-refractivity contribution in [1.82, 2.24) is 5.32 Å². The number of carbonyl (C=O) groups excluding carboxylic acids is 1. The summed E-state index contributed by atoms with van der Waals surface area (Å²) in [6, 6.07) is 17.7. The van der Waals surface area contributed by atoms with Gasteiger partial charge in [0.2, 0.25) is 0 Å². The second-order valence-corrected chi connectivity index (χ2v) is 7.59. The van der Waals surface area contributed by atoms with E-state index in [2.05, 4.69) is 5.32 Å². The van der Waals surface area contributed by atoms with Crippen LogP contribution in [-0.4, -0.2) is 17.1 Å². The van der Waals surface area contributed by atoms with Crippen LogP contribution >= 0.6 is 7.60 Å². The summed E-state index contributed by atoms with van der Waals surface area (Å²) in [5.74, 6) is -1.21. The smallest absolute Gasteiger partial charge is 0.408 e. The molecule has 2 rings (SSSR count). The van der Waals surface area contributed by atoms with E-state index in [9.17, 15) is 14.3 Å². The highest BCUT2D eigenvalue weighted by Crippen LogP contribution is 2.55. The Morgan fingerprint density at radius 2 is 1.64 bits per heavy atom. The highest BCUT2D eigenvalue weighted by molar-refractivity contribution is 7.53. The largest absolute Gasteiger partial charge is 0.445 e. The summed E-state index contributed by atoms with van der Waals surface area (Å²) in [7, 11) is -4.14. The molecule has 2 N–H and O–H groups in total. The van der Waals surface area contributed by atoms with Crippen molar-refractivity contribution >= 4 is 13.7 Å². The first-order chi connectivity index (χ1) is 11.9. The second-order valence-electron chi connectivity index (χ2n) is 5.74. The molecule has 0 heterocycles. The average molecular weight is 363 g/mol. The van der Waals surface area contributed by atoms with Crippen molar-refractivity contribution in [2.75, 3.05) is 0 Å². The summed E-state index contributed by atoms with van der Waals surface area (Å²) < 4.78 is 22.9. The van der Waals surface area contributed by atoms with Gasteiger partial charge in [-0.05, 0) is 25.0 Å². The molecule has 0 aliphatic rings. The highest BCUT2D eigenvalue weighted by atomic mass is 31.2. The van der Waals surface area contributed by atoms with E-state index in [0.29, 0.717) is 5.56 Å². The first-order valence-electron chi connectivity index (χ1n) is 7.91. The Bertz CT molecular complexity index is 721. The zero-order valence-corrected chi connectivity index (χ0v) is 15.1. The maximum Gasteiger partial charge on any atom is 0.408 e. The van der Waals surface area contributed by atoms with Crippen LogP contribution in [0.25, 0.3) is 0 Å². The van der Waals surface area contributed by atoms with E-state index in [-0.39, 0.29) is 6.61 Å². The lowest BCUT2D eigenvalue weighted by molar-refractivity contribution is 0.134. The zero-order valence-electron chi connectivity index (χ0n) is 14.2. The van der Waals surface area contributed by atoms with Crippen LogP contribution in [0.15, 0.2) is 60.7 Å². The van der Waals surface area contributed by atoms with Gasteiger partial charge in [-0.2, -0.15) is 0 Å². The SMILES string of the molecule is CC(C)OP(=O)(O)C(NC(=O)OCc1ccccc1)c1ccccc1.